The molecule has 66 valence electrons. The van der Waals surface area contributed by atoms with Crippen molar-refractivity contribution in [2.75, 3.05) is 0 Å². The predicted molar refractivity (Wildman–Crippen MR) is 47.3 cm³/mol. The number of rotatable bonds is 2. The smallest absolute Gasteiger partial charge is 0.142 e. The molecule has 0 aromatic carbocycles. The summed E-state index contributed by atoms with van der Waals surface area (Å²) in [5, 5.41) is 8.75. The first-order chi connectivity index (χ1) is 6.31. The van der Waals surface area contributed by atoms with E-state index in [1.165, 1.54) is 0 Å². The summed E-state index contributed by atoms with van der Waals surface area (Å²) in [5.74, 6) is 0.751. The van der Waals surface area contributed by atoms with Crippen LogP contribution in [0.3, 0.4) is 0 Å². The lowest BCUT2D eigenvalue weighted by Crippen LogP contribution is -1.99. The van der Waals surface area contributed by atoms with Crippen molar-refractivity contribution in [2.24, 2.45) is 0 Å². The van der Waals surface area contributed by atoms with E-state index in [4.69, 9.17) is 10.00 Å². The molecule has 0 saturated heterocycles. The van der Waals surface area contributed by atoms with Crippen molar-refractivity contribution in [1.82, 2.24) is 4.98 Å². The van der Waals surface area contributed by atoms with Crippen LogP contribution in [0.2, 0.25) is 0 Å². The van der Waals surface area contributed by atoms with Crippen LogP contribution in [-0.4, -0.2) is 11.1 Å². The van der Waals surface area contributed by atoms with E-state index in [-0.39, 0.29) is 0 Å². The number of nitrogens with zero attached hydrogens (tertiary/aromatic N) is 2. The molecule has 1 saturated carbocycles. The molecule has 3 heteroatoms. The Kier molecular flexibility index (Phi) is 1.90. The fourth-order valence-corrected chi connectivity index (χ4v) is 1.10. The molecule has 0 aliphatic heterocycles. The minimum Gasteiger partial charge on any atom is -0.488 e. The number of hydrogen-bond donors (Lipinski definition) is 0. The molecular formula is C10H10N2O. The van der Waals surface area contributed by atoms with Crippen LogP contribution in [0.25, 0.3) is 0 Å². The van der Waals surface area contributed by atoms with Gasteiger partial charge >= 0.3 is 0 Å². The first-order valence-electron chi connectivity index (χ1n) is 4.32. The second kappa shape index (κ2) is 3.06. The van der Waals surface area contributed by atoms with E-state index in [9.17, 15) is 0 Å². The highest BCUT2D eigenvalue weighted by Crippen LogP contribution is 2.29. The maximum Gasteiger partial charge on any atom is 0.142 e. The van der Waals surface area contributed by atoms with E-state index in [0.29, 0.717) is 11.7 Å². The van der Waals surface area contributed by atoms with Gasteiger partial charge in [0, 0.05) is 11.8 Å². The highest BCUT2D eigenvalue weighted by Gasteiger charge is 2.24. The Labute approximate surface area is 77.0 Å². The molecule has 1 aliphatic rings. The van der Waals surface area contributed by atoms with Gasteiger partial charge in [-0.3, -0.25) is 4.98 Å². The highest BCUT2D eigenvalue weighted by molar-refractivity contribution is 5.42. The summed E-state index contributed by atoms with van der Waals surface area (Å²) in [4.78, 5) is 3.95. The van der Waals surface area contributed by atoms with Crippen molar-refractivity contribution in [2.45, 2.75) is 25.9 Å². The summed E-state index contributed by atoms with van der Waals surface area (Å²) in [6, 6.07) is 2.09. The van der Waals surface area contributed by atoms with Gasteiger partial charge in [0.25, 0.3) is 0 Å². The van der Waals surface area contributed by atoms with Crippen molar-refractivity contribution < 1.29 is 4.74 Å². The van der Waals surface area contributed by atoms with E-state index >= 15 is 0 Å². The quantitative estimate of drug-likeness (QED) is 0.686. The summed E-state index contributed by atoms with van der Waals surface area (Å²) in [7, 11) is 0. The zero-order chi connectivity index (χ0) is 9.26. The number of hydrogen-bond acceptors (Lipinski definition) is 3. The third-order valence-electron chi connectivity index (χ3n) is 2.11. The summed E-state index contributed by atoms with van der Waals surface area (Å²) >= 11 is 0. The topological polar surface area (TPSA) is 45.9 Å². The molecule has 0 bridgehead atoms. The van der Waals surface area contributed by atoms with Crippen LogP contribution in [0.15, 0.2) is 12.4 Å². The van der Waals surface area contributed by atoms with Crippen molar-refractivity contribution in [3.05, 3.63) is 23.5 Å². The normalized spacial score (nSPS) is 15.1. The minimum absolute atomic E-state index is 0.356. The predicted octanol–water partition coefficient (Wildman–Crippen LogP) is 1.80. The van der Waals surface area contributed by atoms with Crippen molar-refractivity contribution in [3.8, 4) is 11.8 Å². The van der Waals surface area contributed by atoms with Gasteiger partial charge in [0.15, 0.2) is 0 Å². The third kappa shape index (κ3) is 1.62. The lowest BCUT2D eigenvalue weighted by Gasteiger charge is -2.07. The molecule has 0 unspecified atom stereocenters. The molecule has 2 rings (SSSR count). The Hall–Kier alpha value is -1.56. The van der Waals surface area contributed by atoms with Gasteiger partial charge in [0.1, 0.15) is 11.8 Å². The fourth-order valence-electron chi connectivity index (χ4n) is 1.10. The maximum absolute atomic E-state index is 8.75. The molecule has 1 heterocycles. The Morgan fingerprint density at radius 2 is 2.31 bits per heavy atom. The van der Waals surface area contributed by atoms with E-state index in [0.717, 1.165) is 24.2 Å². The van der Waals surface area contributed by atoms with E-state index in [1.807, 2.05) is 6.92 Å². The number of nitriles is 1. The van der Waals surface area contributed by atoms with Crippen molar-refractivity contribution in [1.29, 1.82) is 5.26 Å². The van der Waals surface area contributed by atoms with Gasteiger partial charge in [-0.15, -0.1) is 0 Å². The van der Waals surface area contributed by atoms with Gasteiger partial charge in [-0.25, -0.2) is 0 Å². The molecule has 0 N–H and O–H groups in total. The molecule has 1 fully saturated rings. The molecule has 1 aromatic heterocycles. The van der Waals surface area contributed by atoms with Crippen LogP contribution in [0.4, 0.5) is 0 Å². The second-order valence-electron chi connectivity index (χ2n) is 3.24. The van der Waals surface area contributed by atoms with Crippen LogP contribution in [-0.2, 0) is 0 Å². The van der Waals surface area contributed by atoms with Gasteiger partial charge in [-0.1, -0.05) is 0 Å². The Bertz CT molecular complexity index is 364. The summed E-state index contributed by atoms with van der Waals surface area (Å²) in [5.41, 5.74) is 1.49. The van der Waals surface area contributed by atoms with Gasteiger partial charge in [-0.2, -0.15) is 5.26 Å². The molecule has 0 amide bonds. The molecule has 13 heavy (non-hydrogen) atoms. The monoisotopic (exact) mass is 174 g/mol. The molecular weight excluding hydrogens is 164 g/mol. The van der Waals surface area contributed by atoms with Crippen molar-refractivity contribution in [3.63, 3.8) is 0 Å². The van der Waals surface area contributed by atoms with Crippen LogP contribution < -0.4 is 4.74 Å². The maximum atomic E-state index is 8.75. The second-order valence-corrected chi connectivity index (χ2v) is 3.24. The number of ether oxygens (including phenoxy) is 1. The van der Waals surface area contributed by atoms with Gasteiger partial charge < -0.3 is 4.74 Å². The molecule has 0 atom stereocenters. The Morgan fingerprint density at radius 3 is 2.92 bits per heavy atom. The average Bonchev–Trinajstić information content (AvgIpc) is 2.92. The van der Waals surface area contributed by atoms with Gasteiger partial charge in [0.05, 0.1) is 17.9 Å². The third-order valence-corrected chi connectivity index (χ3v) is 2.11. The van der Waals surface area contributed by atoms with E-state index in [1.54, 1.807) is 12.4 Å². The SMILES string of the molecule is Cc1c(C#N)cncc1OC1CC1. The summed E-state index contributed by atoms with van der Waals surface area (Å²) in [6.45, 7) is 1.89. The standard InChI is InChI=1S/C10H10N2O/c1-7-8(4-11)5-12-6-10(7)13-9-2-3-9/h5-6,9H,2-3H2,1H3. The Morgan fingerprint density at radius 1 is 1.54 bits per heavy atom. The fraction of sp³-hybridized carbons (Fsp3) is 0.400. The average molecular weight is 174 g/mol. The molecule has 1 aliphatic carbocycles. The lowest BCUT2D eigenvalue weighted by atomic mass is 10.2. The van der Waals surface area contributed by atoms with E-state index < -0.39 is 0 Å². The zero-order valence-electron chi connectivity index (χ0n) is 7.45. The van der Waals surface area contributed by atoms with E-state index in [2.05, 4.69) is 11.1 Å². The summed E-state index contributed by atoms with van der Waals surface area (Å²) < 4.78 is 5.58. The minimum atomic E-state index is 0.356. The van der Waals surface area contributed by atoms with Crippen LogP contribution in [0, 0.1) is 18.3 Å². The number of pyridine rings is 1. The van der Waals surface area contributed by atoms with Crippen LogP contribution in [0.1, 0.15) is 24.0 Å². The first kappa shape index (κ1) is 8.06. The highest BCUT2D eigenvalue weighted by atomic mass is 16.5. The van der Waals surface area contributed by atoms with Crippen molar-refractivity contribution >= 4 is 0 Å². The lowest BCUT2D eigenvalue weighted by molar-refractivity contribution is 0.300. The van der Waals surface area contributed by atoms with Gasteiger partial charge in [-0.05, 0) is 19.8 Å². The van der Waals surface area contributed by atoms with Crippen LogP contribution in [0.5, 0.6) is 5.75 Å². The molecule has 3 nitrogen and oxygen atoms in total. The Balaban J connectivity index is 2.28. The molecule has 1 aromatic rings. The first-order valence-corrected chi connectivity index (χ1v) is 4.32. The molecule has 0 radical (unpaired) electrons. The van der Waals surface area contributed by atoms with Crippen LogP contribution >= 0.6 is 0 Å². The number of aromatic nitrogens is 1. The zero-order valence-corrected chi connectivity index (χ0v) is 7.45. The van der Waals surface area contributed by atoms with Gasteiger partial charge in [0.2, 0.25) is 0 Å². The molecule has 0 spiro atoms. The summed E-state index contributed by atoms with van der Waals surface area (Å²) in [6.07, 6.45) is 5.84. The largest absolute Gasteiger partial charge is 0.488 e.